The van der Waals surface area contributed by atoms with Gasteiger partial charge in [-0.05, 0) is 44.4 Å². The zero-order chi connectivity index (χ0) is 30.7. The van der Waals surface area contributed by atoms with Crippen molar-refractivity contribution >= 4 is 56.9 Å². The minimum atomic E-state index is -1.39. The van der Waals surface area contributed by atoms with E-state index >= 15 is 0 Å². The monoisotopic (exact) mass is 677 g/mol. The van der Waals surface area contributed by atoms with E-state index in [4.69, 9.17) is 21.1 Å². The average Bonchev–Trinajstić information content (AvgIpc) is 3.57. The summed E-state index contributed by atoms with van der Waals surface area (Å²) >= 11 is 10.2. The zero-order valence-corrected chi connectivity index (χ0v) is 26.4. The number of carbonyl (C=O) groups excluding carboxylic acids is 4. The largest absolute Gasteiger partial charge is 0.460 e. The second-order valence-electron chi connectivity index (χ2n) is 11.5. The molecule has 4 heterocycles. The van der Waals surface area contributed by atoms with Crippen LogP contribution in [0.4, 0.5) is 5.69 Å². The number of hydrogen-bond acceptors (Lipinski definition) is 7. The van der Waals surface area contributed by atoms with Crippen LogP contribution in [0.15, 0.2) is 47.0 Å². The summed E-state index contributed by atoms with van der Waals surface area (Å²) in [5, 5.41) is 12.4. The average molecular weight is 679 g/mol. The molecule has 43 heavy (non-hydrogen) atoms. The Kier molecular flexibility index (Phi) is 9.95. The molecule has 6 atom stereocenters. The lowest BCUT2D eigenvalue weighted by Gasteiger charge is -2.36. The number of ether oxygens (including phenoxy) is 2. The normalized spacial score (nSPS) is 32.0. The van der Waals surface area contributed by atoms with Crippen molar-refractivity contribution in [1.82, 2.24) is 10.2 Å². The van der Waals surface area contributed by atoms with Crippen molar-refractivity contribution in [3.8, 4) is 0 Å². The number of aliphatic hydroxyl groups is 1. The minimum Gasteiger partial charge on any atom is -0.460 e. The number of hydrogen-bond donors (Lipinski definition) is 2. The van der Waals surface area contributed by atoms with Crippen LogP contribution in [0.2, 0.25) is 5.02 Å². The molecule has 1 aromatic rings. The Hall–Kier alpha value is -2.73. The topological polar surface area (TPSA) is 125 Å². The van der Waals surface area contributed by atoms with Gasteiger partial charge in [0, 0.05) is 30.6 Å². The van der Waals surface area contributed by atoms with Gasteiger partial charge >= 0.3 is 5.97 Å². The Morgan fingerprint density at radius 3 is 2.63 bits per heavy atom. The number of anilines is 1. The number of benzene rings is 1. The molecule has 0 aromatic heterocycles. The van der Waals surface area contributed by atoms with Crippen LogP contribution < -0.4 is 10.2 Å². The highest BCUT2D eigenvalue weighted by Gasteiger charge is 2.74. The van der Waals surface area contributed by atoms with Crippen LogP contribution in [0.5, 0.6) is 0 Å². The number of aliphatic hydroxyl groups excluding tert-OH is 1. The van der Waals surface area contributed by atoms with Gasteiger partial charge in [0.05, 0.1) is 23.2 Å². The van der Waals surface area contributed by atoms with Gasteiger partial charge in [-0.15, -0.1) is 0 Å². The van der Waals surface area contributed by atoms with Crippen LogP contribution in [0.25, 0.3) is 0 Å². The third kappa shape index (κ3) is 6.14. The first kappa shape index (κ1) is 31.7. The van der Waals surface area contributed by atoms with Gasteiger partial charge in [-0.2, -0.15) is 0 Å². The Balaban J connectivity index is 1.58. The maximum absolute atomic E-state index is 14.8. The molecule has 5 rings (SSSR count). The summed E-state index contributed by atoms with van der Waals surface area (Å²) in [5.74, 6) is -3.44. The standard InChI is InChI=1S/C31H37BrClN3O7/c1-19-18-34-23(38)13-5-4-9-14-35(22-12-7-6-11-21(22)33)29(40)27-31-17-20(32)26(43-31)24(30(41)42-19)25(31)28(39)36(27)15-8-2-3-10-16-37/h4,6-7,9,11-12,17,19,24-27,37H,2-3,5,8,10,13-16,18H2,1H3,(H,34,38)/b9-4-/t19-,24+,25-,26+,27+,31-/m0/s1. The molecule has 0 aliphatic carbocycles. The van der Waals surface area contributed by atoms with Gasteiger partial charge in [-0.25, -0.2) is 0 Å². The van der Waals surface area contributed by atoms with E-state index in [0.29, 0.717) is 34.5 Å². The highest BCUT2D eigenvalue weighted by Crippen LogP contribution is 2.59. The molecule has 12 heteroatoms. The van der Waals surface area contributed by atoms with Crippen LogP contribution in [0.3, 0.4) is 0 Å². The predicted molar refractivity (Wildman–Crippen MR) is 163 cm³/mol. The van der Waals surface area contributed by atoms with E-state index in [-0.39, 0.29) is 50.4 Å². The first-order chi connectivity index (χ1) is 20.7. The number of amides is 3. The van der Waals surface area contributed by atoms with E-state index in [1.807, 2.05) is 12.2 Å². The molecule has 2 fully saturated rings. The molecule has 10 nitrogen and oxygen atoms in total. The Bertz CT molecular complexity index is 1320. The quantitative estimate of drug-likeness (QED) is 0.257. The lowest BCUT2D eigenvalue weighted by atomic mass is 9.74. The molecule has 1 aromatic carbocycles. The van der Waals surface area contributed by atoms with Crippen molar-refractivity contribution in [2.75, 3.05) is 31.1 Å². The molecule has 3 amide bonds. The molecule has 4 aliphatic heterocycles. The van der Waals surface area contributed by atoms with Gasteiger partial charge in [0.25, 0.3) is 5.91 Å². The molecule has 2 N–H and O–H groups in total. The van der Waals surface area contributed by atoms with Crippen molar-refractivity contribution in [3.63, 3.8) is 0 Å². The fourth-order valence-electron chi connectivity index (χ4n) is 6.56. The smallest absolute Gasteiger partial charge is 0.313 e. The molecule has 0 saturated carbocycles. The summed E-state index contributed by atoms with van der Waals surface area (Å²) in [7, 11) is 0. The first-order valence-electron chi connectivity index (χ1n) is 14.8. The first-order valence-corrected chi connectivity index (χ1v) is 16.0. The van der Waals surface area contributed by atoms with Crippen LogP contribution in [0, 0.1) is 11.8 Å². The van der Waals surface area contributed by atoms with Crippen molar-refractivity contribution in [3.05, 3.63) is 52.0 Å². The molecule has 4 aliphatic rings. The van der Waals surface area contributed by atoms with Crippen LogP contribution >= 0.6 is 27.5 Å². The summed E-state index contributed by atoms with van der Waals surface area (Å²) in [4.78, 5) is 58.1. The van der Waals surface area contributed by atoms with Gasteiger partial charge in [0.1, 0.15) is 29.8 Å². The van der Waals surface area contributed by atoms with Gasteiger partial charge < -0.3 is 29.7 Å². The number of allylic oxidation sites excluding steroid dienone is 1. The molecule has 0 unspecified atom stereocenters. The van der Waals surface area contributed by atoms with E-state index in [2.05, 4.69) is 21.2 Å². The van der Waals surface area contributed by atoms with E-state index in [9.17, 15) is 24.3 Å². The maximum atomic E-state index is 14.8. The number of fused-ring (bicyclic) bond motifs is 2. The van der Waals surface area contributed by atoms with Gasteiger partial charge in [0.2, 0.25) is 11.8 Å². The summed E-state index contributed by atoms with van der Waals surface area (Å²) in [6.07, 6.45) is 7.51. The van der Waals surface area contributed by atoms with Crippen molar-refractivity contribution < 1.29 is 33.8 Å². The summed E-state index contributed by atoms with van der Waals surface area (Å²) < 4.78 is 12.8. The van der Waals surface area contributed by atoms with Crippen LogP contribution in [-0.2, 0) is 28.7 Å². The molecule has 232 valence electrons. The second kappa shape index (κ2) is 13.5. The number of cyclic esters (lactones) is 1. The lowest BCUT2D eigenvalue weighted by molar-refractivity contribution is -0.158. The number of nitrogens with one attached hydrogen (secondary N) is 1. The fraction of sp³-hybridized carbons (Fsp3) is 0.548. The van der Waals surface area contributed by atoms with Gasteiger partial charge in [0.15, 0.2) is 0 Å². The third-order valence-electron chi connectivity index (χ3n) is 8.55. The van der Waals surface area contributed by atoms with Crippen molar-refractivity contribution in [2.45, 2.75) is 69.3 Å². The Labute approximate surface area is 264 Å². The number of carbonyl (C=O) groups is 4. The fourth-order valence-corrected chi connectivity index (χ4v) is 7.53. The lowest BCUT2D eigenvalue weighted by Crippen LogP contribution is -2.56. The maximum Gasteiger partial charge on any atom is 0.313 e. The number of unbranched alkanes of at least 4 members (excludes halogenated alkanes) is 3. The molecular weight excluding hydrogens is 642 g/mol. The predicted octanol–water partition coefficient (Wildman–Crippen LogP) is 3.50. The summed E-state index contributed by atoms with van der Waals surface area (Å²) in [5.41, 5.74) is -0.911. The van der Waals surface area contributed by atoms with Gasteiger partial charge in [-0.3, -0.25) is 19.2 Å². The molecule has 0 radical (unpaired) electrons. The highest BCUT2D eigenvalue weighted by atomic mass is 79.9. The third-order valence-corrected chi connectivity index (χ3v) is 9.54. The Morgan fingerprint density at radius 2 is 1.86 bits per heavy atom. The highest BCUT2D eigenvalue weighted by molar-refractivity contribution is 9.11. The Morgan fingerprint density at radius 1 is 1.09 bits per heavy atom. The number of halogens is 2. The van der Waals surface area contributed by atoms with Crippen LogP contribution in [-0.4, -0.2) is 83.8 Å². The van der Waals surface area contributed by atoms with Crippen molar-refractivity contribution in [2.24, 2.45) is 11.8 Å². The second-order valence-corrected chi connectivity index (χ2v) is 12.8. The number of likely N-dealkylation sites (tertiary alicyclic amines) is 1. The molecule has 2 saturated heterocycles. The molecular formula is C31H37BrClN3O7. The van der Waals surface area contributed by atoms with E-state index in [1.54, 1.807) is 42.2 Å². The summed E-state index contributed by atoms with van der Waals surface area (Å²) in [6.45, 7) is 2.35. The minimum absolute atomic E-state index is 0.0925. The van der Waals surface area contributed by atoms with E-state index in [1.165, 1.54) is 4.90 Å². The molecule has 1 spiro atoms. The zero-order valence-electron chi connectivity index (χ0n) is 24.0. The number of rotatable bonds is 7. The van der Waals surface area contributed by atoms with E-state index < -0.39 is 41.7 Å². The number of esters is 1. The summed E-state index contributed by atoms with van der Waals surface area (Å²) in [6, 6.07) is 5.94. The van der Waals surface area contributed by atoms with E-state index in [0.717, 1.165) is 12.8 Å². The number of nitrogens with zero attached hydrogens (tertiary/aromatic N) is 2. The van der Waals surface area contributed by atoms with Gasteiger partial charge in [-0.1, -0.05) is 64.7 Å². The molecule has 5 bridgehead atoms. The number of para-hydroxylation sites is 1. The van der Waals surface area contributed by atoms with Crippen molar-refractivity contribution in [1.29, 1.82) is 0 Å². The SMILES string of the molecule is C[C@H]1CNC(=O)CC/C=C\CN(c2ccccc2Cl)C(=O)[C@H]2N(CCCCCCO)C(=O)[C@@H]3[C@@H](C(=O)O1)[C@@H]1O[C@@]32C=C1Br. The van der Waals surface area contributed by atoms with Crippen LogP contribution in [0.1, 0.15) is 45.4 Å².